The first-order valence-corrected chi connectivity index (χ1v) is 4.92. The van der Waals surface area contributed by atoms with Crippen LogP contribution in [0.4, 0.5) is 0 Å². The van der Waals surface area contributed by atoms with Gasteiger partial charge in [0, 0.05) is 19.5 Å². The summed E-state index contributed by atoms with van der Waals surface area (Å²) in [5, 5.41) is 12.0. The number of nitrogens with one attached hydrogen (secondary N) is 1. The number of aliphatic hydroxyl groups excluding tert-OH is 1. The standard InChI is InChI=1S/C9H18N2O3/c1-10-3-2-9(13)11-4-5-14-7-8(11)6-12/h8,10,12H,2-7H2,1H3. The van der Waals surface area contributed by atoms with E-state index in [1.54, 1.807) is 4.90 Å². The summed E-state index contributed by atoms with van der Waals surface area (Å²) < 4.78 is 5.19. The van der Waals surface area contributed by atoms with E-state index in [-0.39, 0.29) is 18.6 Å². The third-order valence-electron chi connectivity index (χ3n) is 2.35. The van der Waals surface area contributed by atoms with E-state index >= 15 is 0 Å². The Morgan fingerprint density at radius 3 is 3.14 bits per heavy atom. The second kappa shape index (κ2) is 5.95. The summed E-state index contributed by atoms with van der Waals surface area (Å²) in [5.41, 5.74) is 0. The molecule has 0 aromatic heterocycles. The number of carbonyl (C=O) groups is 1. The van der Waals surface area contributed by atoms with E-state index in [9.17, 15) is 4.79 Å². The Bertz CT molecular complexity index is 187. The summed E-state index contributed by atoms with van der Waals surface area (Å²) in [6.07, 6.45) is 0.479. The molecule has 1 fully saturated rings. The number of morpholine rings is 1. The third kappa shape index (κ3) is 2.94. The van der Waals surface area contributed by atoms with Gasteiger partial charge in [-0.25, -0.2) is 0 Å². The van der Waals surface area contributed by atoms with Gasteiger partial charge in [0.1, 0.15) is 0 Å². The zero-order chi connectivity index (χ0) is 10.4. The second-order valence-corrected chi connectivity index (χ2v) is 3.35. The lowest BCUT2D eigenvalue weighted by atomic mass is 10.2. The Hall–Kier alpha value is -0.650. The van der Waals surface area contributed by atoms with Gasteiger partial charge < -0.3 is 20.1 Å². The lowest BCUT2D eigenvalue weighted by Crippen LogP contribution is -2.50. The van der Waals surface area contributed by atoms with Gasteiger partial charge in [0.05, 0.1) is 25.9 Å². The average molecular weight is 202 g/mol. The maximum absolute atomic E-state index is 11.6. The van der Waals surface area contributed by atoms with Crippen molar-refractivity contribution in [2.24, 2.45) is 0 Å². The van der Waals surface area contributed by atoms with Crippen LogP contribution in [-0.2, 0) is 9.53 Å². The van der Waals surface area contributed by atoms with Crippen molar-refractivity contribution in [1.29, 1.82) is 0 Å². The first-order chi connectivity index (χ1) is 6.79. The predicted octanol–water partition coefficient (Wildman–Crippen LogP) is -1.18. The summed E-state index contributed by atoms with van der Waals surface area (Å²) in [6, 6.07) is -0.159. The number of hydrogen-bond acceptors (Lipinski definition) is 4. The molecular weight excluding hydrogens is 184 g/mol. The first kappa shape index (κ1) is 11.4. The molecule has 1 rings (SSSR count). The molecule has 0 aliphatic carbocycles. The van der Waals surface area contributed by atoms with E-state index in [0.717, 1.165) is 0 Å². The third-order valence-corrected chi connectivity index (χ3v) is 2.35. The number of nitrogens with zero attached hydrogens (tertiary/aromatic N) is 1. The highest BCUT2D eigenvalue weighted by molar-refractivity contribution is 5.76. The summed E-state index contributed by atoms with van der Waals surface area (Å²) in [4.78, 5) is 13.4. The summed E-state index contributed by atoms with van der Waals surface area (Å²) in [5.74, 6) is 0.0849. The van der Waals surface area contributed by atoms with Crippen molar-refractivity contribution in [3.8, 4) is 0 Å². The molecule has 1 saturated heterocycles. The van der Waals surface area contributed by atoms with Crippen LogP contribution >= 0.6 is 0 Å². The first-order valence-electron chi connectivity index (χ1n) is 4.92. The van der Waals surface area contributed by atoms with Gasteiger partial charge in [0.2, 0.25) is 5.91 Å². The van der Waals surface area contributed by atoms with Crippen molar-refractivity contribution >= 4 is 5.91 Å². The topological polar surface area (TPSA) is 61.8 Å². The second-order valence-electron chi connectivity index (χ2n) is 3.35. The van der Waals surface area contributed by atoms with Gasteiger partial charge in [-0.15, -0.1) is 0 Å². The quantitative estimate of drug-likeness (QED) is 0.602. The van der Waals surface area contributed by atoms with E-state index in [1.807, 2.05) is 7.05 Å². The Kier molecular flexibility index (Phi) is 4.86. The molecule has 0 aromatic rings. The molecule has 0 saturated carbocycles. The van der Waals surface area contributed by atoms with Crippen LogP contribution in [-0.4, -0.2) is 61.9 Å². The maximum atomic E-state index is 11.6. The molecule has 1 atom stereocenters. The minimum Gasteiger partial charge on any atom is -0.394 e. The SMILES string of the molecule is CNCCC(=O)N1CCOCC1CO. The molecule has 0 bridgehead atoms. The van der Waals surface area contributed by atoms with Gasteiger partial charge in [0.15, 0.2) is 0 Å². The highest BCUT2D eigenvalue weighted by Crippen LogP contribution is 2.07. The van der Waals surface area contributed by atoms with E-state index < -0.39 is 0 Å². The van der Waals surface area contributed by atoms with Crippen LogP contribution in [0.1, 0.15) is 6.42 Å². The van der Waals surface area contributed by atoms with Crippen molar-refractivity contribution in [1.82, 2.24) is 10.2 Å². The number of rotatable bonds is 4. The van der Waals surface area contributed by atoms with Crippen LogP contribution in [0.3, 0.4) is 0 Å². The maximum Gasteiger partial charge on any atom is 0.224 e. The molecule has 82 valence electrons. The lowest BCUT2D eigenvalue weighted by molar-refractivity contribution is -0.141. The molecule has 5 heteroatoms. The van der Waals surface area contributed by atoms with Crippen LogP contribution in [0.25, 0.3) is 0 Å². The molecule has 2 N–H and O–H groups in total. The zero-order valence-electron chi connectivity index (χ0n) is 8.53. The van der Waals surface area contributed by atoms with Gasteiger partial charge in [0.25, 0.3) is 0 Å². The molecule has 0 radical (unpaired) electrons. The molecule has 1 aliphatic rings. The number of hydrogen-bond donors (Lipinski definition) is 2. The molecule has 14 heavy (non-hydrogen) atoms. The molecule has 1 unspecified atom stereocenters. The molecule has 1 heterocycles. The van der Waals surface area contributed by atoms with Crippen LogP contribution in [0.2, 0.25) is 0 Å². The minimum absolute atomic E-state index is 0.0225. The van der Waals surface area contributed by atoms with Crippen molar-refractivity contribution in [2.75, 3.05) is 40.0 Å². The molecular formula is C9H18N2O3. The Morgan fingerprint density at radius 2 is 2.50 bits per heavy atom. The van der Waals surface area contributed by atoms with E-state index in [2.05, 4.69) is 5.32 Å². The monoisotopic (exact) mass is 202 g/mol. The number of ether oxygens (including phenoxy) is 1. The number of carbonyl (C=O) groups excluding carboxylic acids is 1. The van der Waals surface area contributed by atoms with Crippen molar-refractivity contribution < 1.29 is 14.6 Å². The van der Waals surface area contributed by atoms with Crippen LogP contribution in [0.15, 0.2) is 0 Å². The minimum atomic E-state index is -0.159. The van der Waals surface area contributed by atoms with Crippen LogP contribution in [0, 0.1) is 0 Å². The van der Waals surface area contributed by atoms with Crippen molar-refractivity contribution in [3.63, 3.8) is 0 Å². The van der Waals surface area contributed by atoms with Crippen molar-refractivity contribution in [2.45, 2.75) is 12.5 Å². The van der Waals surface area contributed by atoms with Crippen LogP contribution in [0.5, 0.6) is 0 Å². The fraction of sp³-hybridized carbons (Fsp3) is 0.889. The Labute approximate surface area is 84.0 Å². The molecule has 0 spiro atoms. The van der Waals surface area contributed by atoms with E-state index in [0.29, 0.717) is 32.7 Å². The van der Waals surface area contributed by atoms with Crippen LogP contribution < -0.4 is 5.32 Å². The smallest absolute Gasteiger partial charge is 0.224 e. The highest BCUT2D eigenvalue weighted by Gasteiger charge is 2.25. The average Bonchev–Trinajstić information content (AvgIpc) is 2.25. The summed E-state index contributed by atoms with van der Waals surface area (Å²) >= 11 is 0. The molecule has 0 aromatic carbocycles. The Balaban J connectivity index is 2.41. The fourth-order valence-corrected chi connectivity index (χ4v) is 1.51. The normalized spacial score (nSPS) is 22.4. The van der Waals surface area contributed by atoms with Crippen molar-refractivity contribution in [3.05, 3.63) is 0 Å². The fourth-order valence-electron chi connectivity index (χ4n) is 1.51. The summed E-state index contributed by atoms with van der Waals surface area (Å²) in [6.45, 7) is 2.26. The van der Waals surface area contributed by atoms with Gasteiger partial charge >= 0.3 is 0 Å². The number of amides is 1. The van der Waals surface area contributed by atoms with Gasteiger partial charge in [-0.1, -0.05) is 0 Å². The molecule has 5 nitrogen and oxygen atoms in total. The molecule has 1 amide bonds. The summed E-state index contributed by atoms with van der Waals surface area (Å²) in [7, 11) is 1.82. The van der Waals surface area contributed by atoms with E-state index in [1.165, 1.54) is 0 Å². The zero-order valence-corrected chi connectivity index (χ0v) is 8.53. The van der Waals surface area contributed by atoms with Gasteiger partial charge in [-0.3, -0.25) is 4.79 Å². The van der Waals surface area contributed by atoms with Gasteiger partial charge in [-0.05, 0) is 7.05 Å². The Morgan fingerprint density at radius 1 is 1.71 bits per heavy atom. The predicted molar refractivity (Wildman–Crippen MR) is 51.9 cm³/mol. The highest BCUT2D eigenvalue weighted by atomic mass is 16.5. The van der Waals surface area contributed by atoms with Gasteiger partial charge in [-0.2, -0.15) is 0 Å². The van der Waals surface area contributed by atoms with E-state index in [4.69, 9.17) is 9.84 Å². The largest absolute Gasteiger partial charge is 0.394 e. The molecule has 1 aliphatic heterocycles. The number of aliphatic hydroxyl groups is 1. The lowest BCUT2D eigenvalue weighted by Gasteiger charge is -2.34.